The monoisotopic (exact) mass is 504 g/mol. The van der Waals surface area contributed by atoms with E-state index in [-0.39, 0.29) is 33.6 Å². The molecule has 0 aliphatic carbocycles. The molecule has 12 heteroatoms. The number of carbonyl (C=O) groups excluding carboxylic acids is 1. The molecule has 3 aromatic rings. The molecular formula is C23H19F3N4O4S. The van der Waals surface area contributed by atoms with Crippen LogP contribution in [0.1, 0.15) is 29.0 Å². The van der Waals surface area contributed by atoms with E-state index in [4.69, 9.17) is 16.6 Å². The maximum absolute atomic E-state index is 13.3. The standard InChI is InChI=1S/C23H19F3N4O4S/c24-23(25,26)14-7-8-18(29-11-3-4-12-29)16(13-14)27-22(35)28-21(31)20-10-9-19(34-20)15-5-1-2-6-17(15)30(32)33/h1-2,5-10,13H,3-4,11-12H2,(H2,27,28,31,35). The van der Waals surface area contributed by atoms with Crippen molar-refractivity contribution in [1.29, 1.82) is 0 Å². The van der Waals surface area contributed by atoms with Crippen LogP contribution < -0.4 is 15.5 Å². The lowest BCUT2D eigenvalue weighted by Gasteiger charge is -2.23. The van der Waals surface area contributed by atoms with E-state index >= 15 is 0 Å². The quantitative estimate of drug-likeness (QED) is 0.265. The smallest absolute Gasteiger partial charge is 0.416 e. The number of nitro benzene ring substituents is 1. The molecular weight excluding hydrogens is 485 g/mol. The second-order valence-electron chi connectivity index (χ2n) is 7.77. The molecule has 182 valence electrons. The number of halogens is 3. The Balaban J connectivity index is 1.51. The molecule has 8 nitrogen and oxygen atoms in total. The minimum atomic E-state index is -4.55. The largest absolute Gasteiger partial charge is 0.451 e. The van der Waals surface area contributed by atoms with Gasteiger partial charge in [-0.25, -0.2) is 0 Å². The number of thiocarbonyl (C=S) groups is 1. The van der Waals surface area contributed by atoms with Gasteiger partial charge < -0.3 is 14.6 Å². The molecule has 1 aliphatic heterocycles. The van der Waals surface area contributed by atoms with Crippen molar-refractivity contribution in [2.24, 2.45) is 0 Å². The highest BCUT2D eigenvalue weighted by Crippen LogP contribution is 2.36. The van der Waals surface area contributed by atoms with Crippen molar-refractivity contribution in [2.75, 3.05) is 23.3 Å². The number of amides is 1. The van der Waals surface area contributed by atoms with Crippen LogP contribution in [-0.2, 0) is 6.18 Å². The van der Waals surface area contributed by atoms with E-state index < -0.39 is 22.6 Å². The molecule has 1 aliphatic rings. The molecule has 0 radical (unpaired) electrons. The minimum Gasteiger partial charge on any atom is -0.451 e. The molecule has 2 heterocycles. The van der Waals surface area contributed by atoms with Crippen molar-refractivity contribution in [1.82, 2.24) is 5.32 Å². The van der Waals surface area contributed by atoms with Crippen LogP contribution in [0.4, 0.5) is 30.2 Å². The zero-order chi connectivity index (χ0) is 25.2. The third-order valence-electron chi connectivity index (χ3n) is 5.44. The van der Waals surface area contributed by atoms with Gasteiger partial charge in [-0.2, -0.15) is 13.2 Å². The Kier molecular flexibility index (Phi) is 6.74. The minimum absolute atomic E-state index is 0.107. The Bertz CT molecular complexity index is 1290. The Morgan fingerprint density at radius 1 is 1.09 bits per heavy atom. The summed E-state index contributed by atoms with van der Waals surface area (Å²) in [4.78, 5) is 25.2. The van der Waals surface area contributed by atoms with Crippen molar-refractivity contribution in [3.05, 3.63) is 76.0 Å². The summed E-state index contributed by atoms with van der Waals surface area (Å²) in [6.07, 6.45) is -2.71. The van der Waals surface area contributed by atoms with Crippen LogP contribution in [0, 0.1) is 10.1 Å². The van der Waals surface area contributed by atoms with Crippen LogP contribution in [0.5, 0.6) is 0 Å². The van der Waals surface area contributed by atoms with E-state index in [0.29, 0.717) is 18.8 Å². The van der Waals surface area contributed by atoms with E-state index in [1.807, 2.05) is 4.90 Å². The summed E-state index contributed by atoms with van der Waals surface area (Å²) in [5, 5.41) is 16.1. The van der Waals surface area contributed by atoms with Crippen LogP contribution in [0.25, 0.3) is 11.3 Å². The van der Waals surface area contributed by atoms with Crippen molar-refractivity contribution < 1.29 is 27.3 Å². The number of nitro groups is 1. The molecule has 0 atom stereocenters. The molecule has 1 fully saturated rings. The lowest BCUT2D eigenvalue weighted by Crippen LogP contribution is -2.34. The number of benzene rings is 2. The molecule has 0 spiro atoms. The van der Waals surface area contributed by atoms with Crippen LogP contribution in [0.15, 0.2) is 59.0 Å². The second kappa shape index (κ2) is 9.74. The topological polar surface area (TPSA) is 101 Å². The van der Waals surface area contributed by atoms with Gasteiger partial charge in [0.1, 0.15) is 5.76 Å². The predicted octanol–water partition coefficient (Wildman–Crippen LogP) is 5.60. The first kappa shape index (κ1) is 24.2. The van der Waals surface area contributed by atoms with Gasteiger partial charge >= 0.3 is 6.18 Å². The number of carbonyl (C=O) groups is 1. The number of hydrogen-bond acceptors (Lipinski definition) is 6. The Hall–Kier alpha value is -3.93. The summed E-state index contributed by atoms with van der Waals surface area (Å²) in [6, 6.07) is 12.0. The Morgan fingerprint density at radius 2 is 1.80 bits per heavy atom. The number of hydrogen-bond donors (Lipinski definition) is 2. The van der Waals surface area contributed by atoms with Crippen molar-refractivity contribution in [3.8, 4) is 11.3 Å². The maximum atomic E-state index is 13.3. The summed E-state index contributed by atoms with van der Waals surface area (Å²) >= 11 is 5.16. The second-order valence-corrected chi connectivity index (χ2v) is 8.18. The van der Waals surface area contributed by atoms with Gasteiger partial charge in [-0.3, -0.25) is 20.2 Å². The predicted molar refractivity (Wildman–Crippen MR) is 127 cm³/mol. The molecule has 1 aromatic heterocycles. The number of nitrogens with one attached hydrogen (secondary N) is 2. The van der Waals surface area contributed by atoms with Gasteiger partial charge in [0.2, 0.25) is 0 Å². The van der Waals surface area contributed by atoms with Crippen LogP contribution in [0.3, 0.4) is 0 Å². The number of furan rings is 1. The van der Waals surface area contributed by atoms with Crippen molar-refractivity contribution >= 4 is 40.3 Å². The maximum Gasteiger partial charge on any atom is 0.416 e. The molecule has 0 unspecified atom stereocenters. The van der Waals surface area contributed by atoms with Gasteiger partial charge in [-0.15, -0.1) is 0 Å². The van der Waals surface area contributed by atoms with E-state index in [1.54, 1.807) is 6.07 Å². The zero-order valence-corrected chi connectivity index (χ0v) is 18.9. The van der Waals surface area contributed by atoms with Gasteiger partial charge in [-0.1, -0.05) is 12.1 Å². The average Bonchev–Trinajstić information content (AvgIpc) is 3.51. The Labute approximate surface area is 202 Å². The van der Waals surface area contributed by atoms with Crippen LogP contribution in [0.2, 0.25) is 0 Å². The zero-order valence-electron chi connectivity index (χ0n) is 18.1. The van der Waals surface area contributed by atoms with Gasteiger partial charge in [-0.05, 0) is 61.5 Å². The number of alkyl halides is 3. The van der Waals surface area contributed by atoms with Gasteiger partial charge in [0.25, 0.3) is 11.6 Å². The summed E-state index contributed by atoms with van der Waals surface area (Å²) in [7, 11) is 0. The van der Waals surface area contributed by atoms with E-state index in [2.05, 4.69) is 10.6 Å². The number of para-hydroxylation sites is 1. The molecule has 1 amide bonds. The van der Waals surface area contributed by atoms with Crippen LogP contribution in [-0.4, -0.2) is 29.0 Å². The summed E-state index contributed by atoms with van der Waals surface area (Å²) in [6.45, 7) is 1.39. The molecule has 2 N–H and O–H groups in total. The molecule has 1 saturated heterocycles. The molecule has 2 aromatic carbocycles. The van der Waals surface area contributed by atoms with Gasteiger partial charge in [0.15, 0.2) is 10.9 Å². The third-order valence-corrected chi connectivity index (χ3v) is 5.65. The molecule has 0 bridgehead atoms. The SMILES string of the molecule is O=C(NC(=S)Nc1cc(C(F)(F)F)ccc1N1CCCC1)c1ccc(-c2ccccc2[N+](=O)[O-])o1. The number of rotatable bonds is 5. The van der Waals surface area contributed by atoms with Crippen LogP contribution >= 0.6 is 12.2 Å². The normalized spacial score (nSPS) is 13.5. The fraction of sp³-hybridized carbons (Fsp3) is 0.217. The first-order chi connectivity index (χ1) is 16.6. The molecule has 4 rings (SSSR count). The fourth-order valence-electron chi connectivity index (χ4n) is 3.81. The average molecular weight is 504 g/mol. The fourth-order valence-corrected chi connectivity index (χ4v) is 4.01. The highest BCUT2D eigenvalue weighted by molar-refractivity contribution is 7.80. The lowest BCUT2D eigenvalue weighted by atomic mass is 10.1. The van der Waals surface area contributed by atoms with E-state index in [9.17, 15) is 28.1 Å². The molecule has 0 saturated carbocycles. The molecule has 35 heavy (non-hydrogen) atoms. The highest BCUT2D eigenvalue weighted by Gasteiger charge is 2.32. The summed E-state index contributed by atoms with van der Waals surface area (Å²) in [5.41, 5.74) is -0.186. The third kappa shape index (κ3) is 5.43. The van der Waals surface area contributed by atoms with E-state index in [1.165, 1.54) is 36.4 Å². The van der Waals surface area contributed by atoms with Gasteiger partial charge in [0.05, 0.1) is 27.4 Å². The summed E-state index contributed by atoms with van der Waals surface area (Å²) < 4.78 is 45.3. The van der Waals surface area contributed by atoms with Crippen molar-refractivity contribution in [3.63, 3.8) is 0 Å². The highest BCUT2D eigenvalue weighted by atomic mass is 32.1. The first-order valence-corrected chi connectivity index (χ1v) is 11.0. The first-order valence-electron chi connectivity index (χ1n) is 10.6. The van der Waals surface area contributed by atoms with Gasteiger partial charge in [0, 0.05) is 19.2 Å². The van der Waals surface area contributed by atoms with Crippen molar-refractivity contribution in [2.45, 2.75) is 19.0 Å². The number of nitrogens with zero attached hydrogens (tertiary/aromatic N) is 2. The Morgan fingerprint density at radius 3 is 2.49 bits per heavy atom. The lowest BCUT2D eigenvalue weighted by molar-refractivity contribution is -0.384. The van der Waals surface area contributed by atoms with E-state index in [0.717, 1.165) is 25.0 Å². The summed E-state index contributed by atoms with van der Waals surface area (Å²) in [5.74, 6) is -0.830. The number of anilines is 2.